The zero-order chi connectivity index (χ0) is 17.3. The lowest BCUT2D eigenvalue weighted by Gasteiger charge is -2.24. The summed E-state index contributed by atoms with van der Waals surface area (Å²) in [6.07, 6.45) is 3.37. The number of hydrogen-bond acceptors (Lipinski definition) is 4. The molecule has 1 aromatic carbocycles. The van der Waals surface area contributed by atoms with Gasteiger partial charge in [-0.05, 0) is 50.5 Å². The molecule has 0 radical (unpaired) electrons. The third-order valence-electron chi connectivity index (χ3n) is 4.46. The van der Waals surface area contributed by atoms with E-state index in [4.69, 9.17) is 4.74 Å². The lowest BCUT2D eigenvalue weighted by Crippen LogP contribution is -2.30. The predicted molar refractivity (Wildman–Crippen MR) is 92.6 cm³/mol. The predicted octanol–water partition coefficient (Wildman–Crippen LogP) is 3.23. The van der Waals surface area contributed by atoms with Crippen LogP contribution in [0.5, 0.6) is 5.88 Å². The SMILES string of the molecule is COc1ncc([C@@H]2CCCN2S(=O)(=O)c2ccc(C)cc2)cc1C. The Kier molecular flexibility index (Phi) is 4.60. The standard InChI is InChI=1S/C18H22N2O3S/c1-13-6-8-16(9-7-13)24(21,22)20-10-4-5-17(20)15-11-14(2)18(23-3)19-12-15/h6-9,11-12,17H,4-5,10H2,1-3H3/t17-/m0/s1. The molecule has 0 unspecified atom stereocenters. The van der Waals surface area contributed by atoms with Gasteiger partial charge in [0.2, 0.25) is 15.9 Å². The Hall–Kier alpha value is -1.92. The highest BCUT2D eigenvalue weighted by Crippen LogP contribution is 2.37. The summed E-state index contributed by atoms with van der Waals surface area (Å²) in [5.74, 6) is 0.574. The summed E-state index contributed by atoms with van der Waals surface area (Å²) in [5, 5.41) is 0. The Bertz CT molecular complexity index is 832. The second kappa shape index (κ2) is 6.53. The first-order valence-electron chi connectivity index (χ1n) is 8.02. The summed E-state index contributed by atoms with van der Waals surface area (Å²) in [6, 6.07) is 8.82. The molecular weight excluding hydrogens is 324 g/mol. The lowest BCUT2D eigenvalue weighted by atomic mass is 10.1. The van der Waals surface area contributed by atoms with Crippen molar-refractivity contribution >= 4 is 10.0 Å². The van der Waals surface area contributed by atoms with Crippen LogP contribution in [0.2, 0.25) is 0 Å². The van der Waals surface area contributed by atoms with E-state index < -0.39 is 10.0 Å². The number of ether oxygens (including phenoxy) is 1. The van der Waals surface area contributed by atoms with Gasteiger partial charge >= 0.3 is 0 Å². The highest BCUT2D eigenvalue weighted by atomic mass is 32.2. The van der Waals surface area contributed by atoms with Crippen molar-refractivity contribution < 1.29 is 13.2 Å². The number of pyridine rings is 1. The number of sulfonamides is 1. The van der Waals surface area contributed by atoms with Gasteiger partial charge < -0.3 is 4.74 Å². The van der Waals surface area contributed by atoms with E-state index >= 15 is 0 Å². The molecule has 0 aliphatic carbocycles. The average molecular weight is 346 g/mol. The molecule has 5 nitrogen and oxygen atoms in total. The molecule has 1 aliphatic rings. The van der Waals surface area contributed by atoms with Gasteiger partial charge in [-0.2, -0.15) is 4.31 Å². The zero-order valence-electron chi connectivity index (χ0n) is 14.2. The topological polar surface area (TPSA) is 59.5 Å². The first-order valence-corrected chi connectivity index (χ1v) is 9.46. The van der Waals surface area contributed by atoms with E-state index in [0.29, 0.717) is 17.3 Å². The highest BCUT2D eigenvalue weighted by molar-refractivity contribution is 7.89. The van der Waals surface area contributed by atoms with Crippen molar-refractivity contribution in [2.24, 2.45) is 0 Å². The molecule has 6 heteroatoms. The molecule has 1 aliphatic heterocycles. The van der Waals surface area contributed by atoms with Crippen LogP contribution in [0.15, 0.2) is 41.4 Å². The van der Waals surface area contributed by atoms with E-state index in [9.17, 15) is 8.42 Å². The van der Waals surface area contributed by atoms with E-state index in [1.165, 1.54) is 0 Å². The van der Waals surface area contributed by atoms with Crippen LogP contribution in [0.3, 0.4) is 0 Å². The van der Waals surface area contributed by atoms with Crippen LogP contribution in [0.4, 0.5) is 0 Å². The maximum atomic E-state index is 13.0. The van der Waals surface area contributed by atoms with Crippen LogP contribution >= 0.6 is 0 Å². The van der Waals surface area contributed by atoms with Gasteiger partial charge in [-0.3, -0.25) is 0 Å². The largest absolute Gasteiger partial charge is 0.481 e. The fraction of sp³-hybridized carbons (Fsp3) is 0.389. The third kappa shape index (κ3) is 3.03. The fourth-order valence-electron chi connectivity index (χ4n) is 3.19. The Labute approximate surface area is 143 Å². The van der Waals surface area contributed by atoms with Crippen LogP contribution < -0.4 is 4.74 Å². The molecule has 2 aromatic rings. The van der Waals surface area contributed by atoms with Crippen molar-refractivity contribution in [3.8, 4) is 5.88 Å². The Morgan fingerprint density at radius 2 is 1.92 bits per heavy atom. The number of aryl methyl sites for hydroxylation is 2. The molecule has 24 heavy (non-hydrogen) atoms. The van der Waals surface area contributed by atoms with Crippen molar-refractivity contribution in [1.29, 1.82) is 0 Å². The molecule has 0 amide bonds. The summed E-state index contributed by atoms with van der Waals surface area (Å²) in [6.45, 7) is 4.40. The van der Waals surface area contributed by atoms with Crippen LogP contribution in [0.25, 0.3) is 0 Å². The van der Waals surface area contributed by atoms with Gasteiger partial charge in [0.25, 0.3) is 0 Å². The van der Waals surface area contributed by atoms with Gasteiger partial charge in [-0.1, -0.05) is 17.7 Å². The minimum absolute atomic E-state index is 0.173. The van der Waals surface area contributed by atoms with E-state index in [-0.39, 0.29) is 6.04 Å². The monoisotopic (exact) mass is 346 g/mol. The Morgan fingerprint density at radius 3 is 2.54 bits per heavy atom. The minimum atomic E-state index is -3.51. The first kappa shape index (κ1) is 16.9. The zero-order valence-corrected chi connectivity index (χ0v) is 15.0. The summed E-state index contributed by atoms with van der Waals surface area (Å²) in [5.41, 5.74) is 2.87. The van der Waals surface area contributed by atoms with Crippen molar-refractivity contribution in [2.45, 2.75) is 37.6 Å². The molecule has 3 rings (SSSR count). The minimum Gasteiger partial charge on any atom is -0.481 e. The van der Waals surface area contributed by atoms with E-state index in [2.05, 4.69) is 4.98 Å². The van der Waals surface area contributed by atoms with Gasteiger partial charge in [-0.15, -0.1) is 0 Å². The van der Waals surface area contributed by atoms with Gasteiger partial charge in [-0.25, -0.2) is 13.4 Å². The number of aromatic nitrogens is 1. The maximum Gasteiger partial charge on any atom is 0.243 e. The molecular formula is C18H22N2O3S. The molecule has 0 bridgehead atoms. The van der Waals surface area contributed by atoms with Crippen LogP contribution in [-0.2, 0) is 10.0 Å². The van der Waals surface area contributed by atoms with E-state index in [1.54, 1.807) is 29.7 Å². The molecule has 2 heterocycles. The van der Waals surface area contributed by atoms with Crippen LogP contribution in [0, 0.1) is 13.8 Å². The molecule has 0 saturated carbocycles. The number of benzene rings is 1. The normalized spacial score (nSPS) is 18.7. The van der Waals surface area contributed by atoms with Crippen molar-refractivity contribution in [2.75, 3.05) is 13.7 Å². The van der Waals surface area contributed by atoms with E-state index in [1.807, 2.05) is 32.0 Å². The van der Waals surface area contributed by atoms with Gasteiger partial charge in [0.1, 0.15) is 0 Å². The summed E-state index contributed by atoms with van der Waals surface area (Å²) < 4.78 is 32.8. The molecule has 1 aromatic heterocycles. The van der Waals surface area contributed by atoms with Crippen molar-refractivity contribution in [3.63, 3.8) is 0 Å². The fourth-order valence-corrected chi connectivity index (χ4v) is 4.87. The third-order valence-corrected chi connectivity index (χ3v) is 6.38. The summed E-state index contributed by atoms with van der Waals surface area (Å²) >= 11 is 0. The summed E-state index contributed by atoms with van der Waals surface area (Å²) in [7, 11) is -1.92. The number of hydrogen-bond donors (Lipinski definition) is 0. The molecule has 1 saturated heterocycles. The maximum absolute atomic E-state index is 13.0. The number of methoxy groups -OCH3 is 1. The number of rotatable bonds is 4. The van der Waals surface area contributed by atoms with Crippen LogP contribution in [-0.4, -0.2) is 31.4 Å². The van der Waals surface area contributed by atoms with Gasteiger partial charge in [0, 0.05) is 18.3 Å². The lowest BCUT2D eigenvalue weighted by molar-refractivity contribution is 0.385. The van der Waals surface area contributed by atoms with Gasteiger partial charge in [0.15, 0.2) is 0 Å². The highest BCUT2D eigenvalue weighted by Gasteiger charge is 2.36. The Balaban J connectivity index is 1.95. The van der Waals surface area contributed by atoms with Crippen LogP contribution in [0.1, 0.15) is 35.6 Å². The Morgan fingerprint density at radius 1 is 1.21 bits per heavy atom. The second-order valence-electron chi connectivity index (χ2n) is 6.18. The smallest absolute Gasteiger partial charge is 0.243 e. The molecule has 0 spiro atoms. The van der Waals surface area contributed by atoms with E-state index in [0.717, 1.165) is 29.5 Å². The number of nitrogens with zero attached hydrogens (tertiary/aromatic N) is 2. The van der Waals surface area contributed by atoms with Crippen molar-refractivity contribution in [3.05, 3.63) is 53.2 Å². The average Bonchev–Trinajstić information content (AvgIpc) is 3.05. The molecule has 1 atom stereocenters. The van der Waals surface area contributed by atoms with Crippen molar-refractivity contribution in [1.82, 2.24) is 9.29 Å². The first-order chi connectivity index (χ1) is 11.4. The van der Waals surface area contributed by atoms with Gasteiger partial charge in [0.05, 0.1) is 18.0 Å². The molecule has 1 fully saturated rings. The molecule has 0 N–H and O–H groups in total. The quantitative estimate of drug-likeness (QED) is 0.853. The summed E-state index contributed by atoms with van der Waals surface area (Å²) in [4.78, 5) is 4.64. The molecule has 128 valence electrons. The second-order valence-corrected chi connectivity index (χ2v) is 8.07.